The second kappa shape index (κ2) is 16.6. The van der Waals surface area contributed by atoms with Gasteiger partial charge < -0.3 is 14.4 Å². The molecule has 0 saturated carbocycles. The topological polar surface area (TPSA) is 37.2 Å². The molecule has 0 atom stereocenters. The van der Waals surface area contributed by atoms with Crippen LogP contribution in [-0.4, -0.2) is 47.1 Å². The van der Waals surface area contributed by atoms with E-state index >= 15 is 0 Å². The lowest BCUT2D eigenvalue weighted by molar-refractivity contribution is 0.350. The van der Waals surface area contributed by atoms with E-state index < -0.39 is 0 Å². The average molecular weight is 550 g/mol. The van der Waals surface area contributed by atoms with Crippen molar-refractivity contribution in [3.63, 3.8) is 0 Å². The SMILES string of the molecule is CC(C)(C)CCn1ccnc1.CN(C)Cc1ccccc1CC(C)(C)C.CN(CCC(C)(C)C)c1ccccn1. The number of hydrogen-bond acceptors (Lipinski definition) is 4. The Balaban J connectivity index is 0.000000304. The zero-order valence-corrected chi connectivity index (χ0v) is 27.8. The van der Waals surface area contributed by atoms with Gasteiger partial charge in [0.2, 0.25) is 0 Å². The maximum Gasteiger partial charge on any atom is 0.128 e. The van der Waals surface area contributed by atoms with Crippen LogP contribution in [0.25, 0.3) is 0 Å². The molecule has 5 nitrogen and oxygen atoms in total. The van der Waals surface area contributed by atoms with E-state index in [0.29, 0.717) is 16.2 Å². The Morgan fingerprint density at radius 3 is 1.77 bits per heavy atom. The average Bonchev–Trinajstić information content (AvgIpc) is 3.36. The third-order valence-corrected chi connectivity index (χ3v) is 6.24. The molecule has 3 aromatic rings. The highest BCUT2D eigenvalue weighted by atomic mass is 15.2. The molecule has 2 aromatic heterocycles. The van der Waals surface area contributed by atoms with Crippen molar-refractivity contribution in [3.8, 4) is 0 Å². The monoisotopic (exact) mass is 549 g/mol. The van der Waals surface area contributed by atoms with E-state index in [2.05, 4.69) is 132 Å². The van der Waals surface area contributed by atoms with Crippen molar-refractivity contribution in [2.75, 3.05) is 32.6 Å². The quantitative estimate of drug-likeness (QED) is 0.282. The summed E-state index contributed by atoms with van der Waals surface area (Å²) in [5.74, 6) is 1.05. The zero-order chi connectivity index (χ0) is 30.4. The van der Waals surface area contributed by atoms with Crippen LogP contribution in [0.4, 0.5) is 5.82 Å². The van der Waals surface area contributed by atoms with Crippen LogP contribution in [0, 0.1) is 16.2 Å². The Kier molecular flexibility index (Phi) is 14.6. The molecule has 2 heterocycles. The molecule has 0 unspecified atom stereocenters. The van der Waals surface area contributed by atoms with Crippen LogP contribution in [0.5, 0.6) is 0 Å². The predicted octanol–water partition coefficient (Wildman–Crippen LogP) is 8.61. The lowest BCUT2D eigenvalue weighted by Gasteiger charge is -2.24. The van der Waals surface area contributed by atoms with Crippen molar-refractivity contribution < 1.29 is 0 Å². The van der Waals surface area contributed by atoms with E-state index in [0.717, 1.165) is 31.9 Å². The molecule has 5 heteroatoms. The minimum absolute atomic E-state index is 0.364. The molecule has 0 aliphatic rings. The minimum Gasteiger partial charge on any atom is -0.360 e. The third-order valence-electron chi connectivity index (χ3n) is 6.24. The van der Waals surface area contributed by atoms with E-state index in [9.17, 15) is 0 Å². The third kappa shape index (κ3) is 17.8. The molecule has 0 bridgehead atoms. The molecular weight excluding hydrogens is 490 g/mol. The Bertz CT molecular complexity index is 1040. The summed E-state index contributed by atoms with van der Waals surface area (Å²) in [6, 6.07) is 14.8. The summed E-state index contributed by atoms with van der Waals surface area (Å²) in [6.45, 7) is 23.6. The first kappa shape index (κ1) is 35.4. The van der Waals surface area contributed by atoms with Crippen LogP contribution in [0.3, 0.4) is 0 Å². The Hall–Kier alpha value is -2.66. The highest BCUT2D eigenvalue weighted by Crippen LogP contribution is 2.23. The predicted molar refractivity (Wildman–Crippen MR) is 175 cm³/mol. The highest BCUT2D eigenvalue weighted by Gasteiger charge is 2.14. The van der Waals surface area contributed by atoms with E-state index in [1.165, 1.54) is 24.0 Å². The number of imidazole rings is 1. The second-order valence-electron chi connectivity index (χ2n) is 14.8. The number of pyridine rings is 1. The van der Waals surface area contributed by atoms with Gasteiger partial charge >= 0.3 is 0 Å². The van der Waals surface area contributed by atoms with Gasteiger partial charge in [-0.3, -0.25) is 0 Å². The fourth-order valence-electron chi connectivity index (χ4n) is 3.88. The molecular formula is C35H59N5. The van der Waals surface area contributed by atoms with Gasteiger partial charge in [0.15, 0.2) is 0 Å². The van der Waals surface area contributed by atoms with Gasteiger partial charge in [-0.2, -0.15) is 0 Å². The van der Waals surface area contributed by atoms with Gasteiger partial charge in [0.05, 0.1) is 6.33 Å². The number of hydrogen-bond donors (Lipinski definition) is 0. The lowest BCUT2D eigenvalue weighted by atomic mass is 9.86. The molecule has 0 fully saturated rings. The van der Waals surface area contributed by atoms with Crippen molar-refractivity contribution >= 4 is 5.82 Å². The molecule has 224 valence electrons. The van der Waals surface area contributed by atoms with Gasteiger partial charge in [0, 0.05) is 45.3 Å². The van der Waals surface area contributed by atoms with Gasteiger partial charge in [-0.25, -0.2) is 9.97 Å². The summed E-state index contributed by atoms with van der Waals surface area (Å²) < 4.78 is 2.12. The Morgan fingerprint density at radius 1 is 0.700 bits per heavy atom. The molecule has 40 heavy (non-hydrogen) atoms. The van der Waals surface area contributed by atoms with Crippen LogP contribution in [0.2, 0.25) is 0 Å². The number of aryl methyl sites for hydroxylation is 1. The molecule has 0 aliphatic heterocycles. The van der Waals surface area contributed by atoms with Crippen molar-refractivity contribution in [1.29, 1.82) is 0 Å². The first-order valence-corrected chi connectivity index (χ1v) is 14.7. The van der Waals surface area contributed by atoms with Gasteiger partial charge in [-0.15, -0.1) is 0 Å². The lowest BCUT2D eigenvalue weighted by Crippen LogP contribution is -2.23. The molecule has 0 saturated heterocycles. The molecule has 3 rings (SSSR count). The fourth-order valence-corrected chi connectivity index (χ4v) is 3.88. The van der Waals surface area contributed by atoms with Crippen LogP contribution >= 0.6 is 0 Å². The maximum absolute atomic E-state index is 4.31. The molecule has 0 N–H and O–H groups in total. The van der Waals surface area contributed by atoms with Gasteiger partial charge in [0.1, 0.15) is 5.82 Å². The number of rotatable bonds is 8. The first-order chi connectivity index (χ1) is 18.5. The van der Waals surface area contributed by atoms with Crippen molar-refractivity contribution in [2.24, 2.45) is 16.2 Å². The summed E-state index contributed by atoms with van der Waals surface area (Å²) in [4.78, 5) is 12.7. The smallest absolute Gasteiger partial charge is 0.128 e. The van der Waals surface area contributed by atoms with Crippen molar-refractivity contribution in [2.45, 2.75) is 94.7 Å². The summed E-state index contributed by atoms with van der Waals surface area (Å²) >= 11 is 0. The molecule has 1 aromatic carbocycles. The molecule has 0 radical (unpaired) electrons. The van der Waals surface area contributed by atoms with Gasteiger partial charge in [0.25, 0.3) is 0 Å². The molecule has 0 spiro atoms. The first-order valence-electron chi connectivity index (χ1n) is 14.7. The van der Waals surface area contributed by atoms with E-state index in [4.69, 9.17) is 0 Å². The van der Waals surface area contributed by atoms with Crippen molar-refractivity contribution in [1.82, 2.24) is 19.4 Å². The van der Waals surface area contributed by atoms with Gasteiger partial charge in [-0.1, -0.05) is 92.6 Å². The number of benzene rings is 1. The summed E-state index contributed by atoms with van der Waals surface area (Å²) in [5, 5.41) is 0. The second-order valence-corrected chi connectivity index (χ2v) is 14.8. The van der Waals surface area contributed by atoms with Crippen molar-refractivity contribution in [3.05, 3.63) is 78.5 Å². The fraction of sp³-hybridized carbons (Fsp3) is 0.600. The molecule has 0 aliphatic carbocycles. The summed E-state index contributed by atoms with van der Waals surface area (Å²) in [5.41, 5.74) is 4.12. The van der Waals surface area contributed by atoms with E-state index in [1.54, 1.807) is 0 Å². The van der Waals surface area contributed by atoms with Crippen LogP contribution in [-0.2, 0) is 19.5 Å². The summed E-state index contributed by atoms with van der Waals surface area (Å²) in [6.07, 6.45) is 11.1. The highest BCUT2D eigenvalue weighted by molar-refractivity contribution is 5.36. The number of nitrogens with zero attached hydrogens (tertiary/aromatic N) is 5. The summed E-state index contributed by atoms with van der Waals surface area (Å²) in [7, 11) is 6.33. The van der Waals surface area contributed by atoms with Crippen LogP contribution < -0.4 is 4.90 Å². The zero-order valence-electron chi connectivity index (χ0n) is 27.8. The minimum atomic E-state index is 0.364. The maximum atomic E-state index is 4.31. The van der Waals surface area contributed by atoms with Crippen LogP contribution in [0.15, 0.2) is 67.4 Å². The number of aromatic nitrogens is 3. The normalized spacial score (nSPS) is 11.8. The van der Waals surface area contributed by atoms with E-state index in [1.807, 2.05) is 43.1 Å². The van der Waals surface area contributed by atoms with E-state index in [-0.39, 0.29) is 0 Å². The van der Waals surface area contributed by atoms with Crippen LogP contribution in [0.1, 0.15) is 86.3 Å². The largest absolute Gasteiger partial charge is 0.360 e. The number of anilines is 1. The Morgan fingerprint density at radius 2 is 1.30 bits per heavy atom. The molecule has 0 amide bonds. The Labute approximate surface area is 247 Å². The van der Waals surface area contributed by atoms with Gasteiger partial charge in [-0.05, 0) is 72.9 Å². The standard InChI is InChI=1S/C14H23N.C12H20N2.C9H16N2/c1-14(2,3)10-12-8-6-7-9-13(12)11-15(4)5;1-12(2,3)8-10-14(4)11-7-5-6-9-13-11;1-9(2,3)4-6-11-7-5-10-8-11/h6-9H,10-11H2,1-5H3;5-7,9H,8,10H2,1-4H3;5,7-8H,4,6H2,1-3H3.